The highest BCUT2D eigenvalue weighted by Crippen LogP contribution is 2.42. The van der Waals surface area contributed by atoms with Gasteiger partial charge in [-0.3, -0.25) is 9.69 Å². The fraction of sp³-hybridized carbons (Fsp3) is 0.944. The molecule has 2 rings (SSSR count). The van der Waals surface area contributed by atoms with E-state index in [2.05, 4.69) is 32.6 Å². The third-order valence-electron chi connectivity index (χ3n) is 6.02. The first-order valence-corrected chi connectivity index (χ1v) is 8.87. The quantitative estimate of drug-likeness (QED) is 0.832. The zero-order valence-corrected chi connectivity index (χ0v) is 14.3. The Morgan fingerprint density at radius 3 is 2.67 bits per heavy atom. The van der Waals surface area contributed by atoms with Crippen molar-refractivity contribution in [3.63, 3.8) is 0 Å². The van der Waals surface area contributed by atoms with E-state index in [0.29, 0.717) is 12.0 Å². The van der Waals surface area contributed by atoms with Gasteiger partial charge in [-0.2, -0.15) is 0 Å². The molecule has 0 aromatic heterocycles. The molecular formula is C18H33NO2. The van der Waals surface area contributed by atoms with Crippen LogP contribution in [-0.2, 0) is 4.79 Å². The van der Waals surface area contributed by atoms with Crippen molar-refractivity contribution in [1.82, 2.24) is 4.90 Å². The molecule has 4 unspecified atom stereocenters. The van der Waals surface area contributed by atoms with Gasteiger partial charge in [0.1, 0.15) is 0 Å². The van der Waals surface area contributed by atoms with E-state index in [0.717, 1.165) is 44.2 Å². The molecule has 1 heterocycles. The van der Waals surface area contributed by atoms with Crippen molar-refractivity contribution in [2.45, 2.75) is 72.3 Å². The lowest BCUT2D eigenvalue weighted by molar-refractivity contribution is -0.149. The number of nitrogens with zero attached hydrogens (tertiary/aromatic N) is 1. The SMILES string of the molecule is CCCC1(C(=O)O)CCN(C2CC(C)CCC2C(C)C)C1. The summed E-state index contributed by atoms with van der Waals surface area (Å²) in [7, 11) is 0. The van der Waals surface area contributed by atoms with Gasteiger partial charge < -0.3 is 5.11 Å². The van der Waals surface area contributed by atoms with E-state index in [1.165, 1.54) is 19.3 Å². The van der Waals surface area contributed by atoms with E-state index in [1.807, 2.05) is 0 Å². The van der Waals surface area contributed by atoms with E-state index in [1.54, 1.807) is 0 Å². The summed E-state index contributed by atoms with van der Waals surface area (Å²) in [6.45, 7) is 10.9. The van der Waals surface area contributed by atoms with Gasteiger partial charge in [-0.15, -0.1) is 0 Å². The summed E-state index contributed by atoms with van der Waals surface area (Å²) in [5.41, 5.74) is -0.475. The molecule has 0 radical (unpaired) electrons. The normalized spacial score (nSPS) is 38.0. The van der Waals surface area contributed by atoms with Crippen LogP contribution in [-0.4, -0.2) is 35.1 Å². The fourth-order valence-electron chi connectivity index (χ4n) is 4.72. The fourth-order valence-corrected chi connectivity index (χ4v) is 4.72. The molecule has 2 fully saturated rings. The summed E-state index contributed by atoms with van der Waals surface area (Å²) < 4.78 is 0. The topological polar surface area (TPSA) is 40.5 Å². The van der Waals surface area contributed by atoms with E-state index in [4.69, 9.17) is 0 Å². The number of aliphatic carboxylic acids is 1. The summed E-state index contributed by atoms with van der Waals surface area (Å²) >= 11 is 0. The van der Waals surface area contributed by atoms with Crippen LogP contribution in [0, 0.1) is 23.2 Å². The van der Waals surface area contributed by atoms with Gasteiger partial charge >= 0.3 is 5.97 Å². The number of likely N-dealkylation sites (tertiary alicyclic amines) is 1. The molecule has 1 saturated carbocycles. The van der Waals surface area contributed by atoms with E-state index in [-0.39, 0.29) is 0 Å². The molecule has 21 heavy (non-hydrogen) atoms. The number of carbonyl (C=O) groups is 1. The zero-order valence-electron chi connectivity index (χ0n) is 14.3. The van der Waals surface area contributed by atoms with Crippen molar-refractivity contribution in [2.24, 2.45) is 23.2 Å². The molecule has 0 spiro atoms. The summed E-state index contributed by atoms with van der Waals surface area (Å²) in [5, 5.41) is 9.71. The Kier molecular flexibility index (Phi) is 5.34. The molecule has 4 atom stereocenters. The van der Waals surface area contributed by atoms with Gasteiger partial charge in [-0.05, 0) is 50.0 Å². The standard InChI is InChI=1S/C18H33NO2/c1-5-8-18(17(20)21)9-10-19(12-18)16-11-14(4)6-7-15(16)13(2)3/h13-16H,5-12H2,1-4H3,(H,20,21). The molecule has 3 nitrogen and oxygen atoms in total. The second-order valence-corrected chi connectivity index (χ2v) is 7.95. The van der Waals surface area contributed by atoms with Gasteiger partial charge in [0, 0.05) is 12.6 Å². The summed E-state index contributed by atoms with van der Waals surface area (Å²) in [4.78, 5) is 14.3. The minimum absolute atomic E-state index is 0.475. The smallest absolute Gasteiger partial charge is 0.310 e. The Hall–Kier alpha value is -0.570. The monoisotopic (exact) mass is 295 g/mol. The Morgan fingerprint density at radius 2 is 2.10 bits per heavy atom. The lowest BCUT2D eigenvalue weighted by Gasteiger charge is -2.43. The largest absolute Gasteiger partial charge is 0.481 e. The minimum atomic E-state index is -0.572. The Labute approximate surface area is 130 Å². The van der Waals surface area contributed by atoms with Crippen molar-refractivity contribution >= 4 is 5.97 Å². The summed E-state index contributed by atoms with van der Waals surface area (Å²) in [6.07, 6.45) is 6.54. The second-order valence-electron chi connectivity index (χ2n) is 7.95. The molecule has 2 aliphatic rings. The van der Waals surface area contributed by atoms with Crippen LogP contribution in [0.2, 0.25) is 0 Å². The number of hydrogen-bond acceptors (Lipinski definition) is 2. The highest BCUT2D eigenvalue weighted by molar-refractivity contribution is 5.75. The highest BCUT2D eigenvalue weighted by atomic mass is 16.4. The molecule has 1 saturated heterocycles. The van der Waals surface area contributed by atoms with Crippen molar-refractivity contribution in [2.75, 3.05) is 13.1 Å². The van der Waals surface area contributed by atoms with Crippen LogP contribution in [0.5, 0.6) is 0 Å². The molecule has 3 heteroatoms. The van der Waals surface area contributed by atoms with Crippen LogP contribution in [0.25, 0.3) is 0 Å². The molecule has 122 valence electrons. The van der Waals surface area contributed by atoms with Crippen molar-refractivity contribution in [3.05, 3.63) is 0 Å². The summed E-state index contributed by atoms with van der Waals surface area (Å²) in [5.74, 6) is 1.66. The lowest BCUT2D eigenvalue weighted by Crippen LogP contribution is -2.46. The van der Waals surface area contributed by atoms with Crippen LogP contribution in [0.3, 0.4) is 0 Å². The minimum Gasteiger partial charge on any atom is -0.481 e. The second kappa shape index (κ2) is 6.68. The Bertz CT molecular complexity index is 368. The number of rotatable bonds is 5. The first-order valence-electron chi connectivity index (χ1n) is 8.87. The highest BCUT2D eigenvalue weighted by Gasteiger charge is 2.47. The molecular weight excluding hydrogens is 262 g/mol. The Morgan fingerprint density at radius 1 is 1.38 bits per heavy atom. The molecule has 1 N–H and O–H groups in total. The van der Waals surface area contributed by atoms with E-state index < -0.39 is 11.4 Å². The Balaban J connectivity index is 2.12. The summed E-state index contributed by atoms with van der Waals surface area (Å²) in [6, 6.07) is 0.604. The predicted molar refractivity (Wildman–Crippen MR) is 86.3 cm³/mol. The lowest BCUT2D eigenvalue weighted by atomic mass is 9.73. The van der Waals surface area contributed by atoms with E-state index in [9.17, 15) is 9.90 Å². The maximum atomic E-state index is 11.8. The van der Waals surface area contributed by atoms with Crippen molar-refractivity contribution in [1.29, 1.82) is 0 Å². The number of hydrogen-bond donors (Lipinski definition) is 1. The van der Waals surface area contributed by atoms with Gasteiger partial charge in [0.25, 0.3) is 0 Å². The van der Waals surface area contributed by atoms with Gasteiger partial charge in [0.05, 0.1) is 5.41 Å². The van der Waals surface area contributed by atoms with E-state index >= 15 is 0 Å². The third-order valence-corrected chi connectivity index (χ3v) is 6.02. The molecule has 0 aromatic rings. The molecule has 0 bridgehead atoms. The molecule has 1 aliphatic heterocycles. The maximum absolute atomic E-state index is 11.8. The van der Waals surface area contributed by atoms with Crippen LogP contribution in [0.15, 0.2) is 0 Å². The van der Waals surface area contributed by atoms with Crippen LogP contribution >= 0.6 is 0 Å². The van der Waals surface area contributed by atoms with Crippen molar-refractivity contribution < 1.29 is 9.90 Å². The molecule has 0 amide bonds. The zero-order chi connectivity index (χ0) is 15.6. The molecule has 1 aliphatic carbocycles. The predicted octanol–water partition coefficient (Wildman–Crippen LogP) is 4.02. The average molecular weight is 295 g/mol. The van der Waals surface area contributed by atoms with Crippen molar-refractivity contribution in [3.8, 4) is 0 Å². The third kappa shape index (κ3) is 3.44. The van der Waals surface area contributed by atoms with Gasteiger partial charge in [0.15, 0.2) is 0 Å². The van der Waals surface area contributed by atoms with Crippen LogP contribution < -0.4 is 0 Å². The maximum Gasteiger partial charge on any atom is 0.310 e. The van der Waals surface area contributed by atoms with Gasteiger partial charge in [-0.25, -0.2) is 0 Å². The van der Waals surface area contributed by atoms with Crippen LogP contribution in [0.1, 0.15) is 66.2 Å². The first kappa shape index (κ1) is 16.8. The first-order chi connectivity index (χ1) is 9.89. The van der Waals surface area contributed by atoms with Gasteiger partial charge in [0.2, 0.25) is 0 Å². The van der Waals surface area contributed by atoms with Gasteiger partial charge in [-0.1, -0.05) is 40.5 Å². The molecule has 0 aromatic carbocycles. The number of carboxylic acids is 1. The number of carboxylic acid groups (broad SMARTS) is 1. The average Bonchev–Trinajstić information content (AvgIpc) is 2.84. The van der Waals surface area contributed by atoms with Crippen LogP contribution in [0.4, 0.5) is 0 Å².